The lowest BCUT2D eigenvalue weighted by molar-refractivity contribution is -0.119. The zero-order valence-electron chi connectivity index (χ0n) is 5.52. The van der Waals surface area contributed by atoms with Gasteiger partial charge in [-0.15, -0.1) is 0 Å². The van der Waals surface area contributed by atoms with Gasteiger partial charge in [-0.3, -0.25) is 0 Å². The molecule has 0 spiro atoms. The third kappa shape index (κ3) is 0.517. The molecule has 1 aliphatic carbocycles. The largest absolute Gasteiger partial charge is 0.374 e. The van der Waals surface area contributed by atoms with Gasteiger partial charge >= 0.3 is 0 Å². The molecule has 2 heteroatoms. The van der Waals surface area contributed by atoms with Gasteiger partial charge in [0.25, 0.3) is 0 Å². The van der Waals surface area contributed by atoms with E-state index in [1.807, 2.05) is 0 Å². The second-order valence-corrected chi connectivity index (χ2v) is 3.57. The number of hydrogen-bond donors (Lipinski definition) is 0. The van der Waals surface area contributed by atoms with Crippen LogP contribution in [0.1, 0.15) is 19.8 Å². The van der Waals surface area contributed by atoms with E-state index in [1.54, 1.807) is 0 Å². The molecule has 0 N–H and O–H groups in total. The van der Waals surface area contributed by atoms with Crippen molar-refractivity contribution in [2.75, 3.05) is 6.61 Å². The van der Waals surface area contributed by atoms with E-state index in [4.69, 9.17) is 4.74 Å². The fourth-order valence-electron chi connectivity index (χ4n) is 2.08. The summed E-state index contributed by atoms with van der Waals surface area (Å²) >= 11 is 0. The standard InChI is InChI=1S/C7H10O2/c1-6-2-7(3-6,4-8)5-9-6/h4H,2-3,5H2,1H3. The van der Waals surface area contributed by atoms with Crippen molar-refractivity contribution in [3.8, 4) is 0 Å². The first-order valence-electron chi connectivity index (χ1n) is 3.28. The van der Waals surface area contributed by atoms with Gasteiger partial charge in [0, 0.05) is 0 Å². The first-order chi connectivity index (χ1) is 4.18. The van der Waals surface area contributed by atoms with Crippen molar-refractivity contribution in [1.82, 2.24) is 0 Å². The normalized spacial score (nSPS) is 54.8. The first kappa shape index (κ1) is 5.42. The summed E-state index contributed by atoms with van der Waals surface area (Å²) < 4.78 is 5.38. The Balaban J connectivity index is 2.21. The molecule has 0 aromatic rings. The average Bonchev–Trinajstić information content (AvgIpc) is 2.20. The molecule has 2 heterocycles. The second-order valence-electron chi connectivity index (χ2n) is 3.57. The van der Waals surface area contributed by atoms with Crippen molar-refractivity contribution in [2.24, 2.45) is 5.41 Å². The van der Waals surface area contributed by atoms with Gasteiger partial charge in [0.2, 0.25) is 0 Å². The van der Waals surface area contributed by atoms with Crippen LogP contribution >= 0.6 is 0 Å². The Morgan fingerprint density at radius 2 is 2.22 bits per heavy atom. The van der Waals surface area contributed by atoms with Gasteiger partial charge in [0.15, 0.2) is 0 Å². The highest BCUT2D eigenvalue weighted by Crippen LogP contribution is 2.56. The third-order valence-corrected chi connectivity index (χ3v) is 2.41. The van der Waals surface area contributed by atoms with E-state index in [2.05, 4.69) is 6.92 Å². The fraction of sp³-hybridized carbons (Fsp3) is 0.857. The number of carbonyl (C=O) groups excluding carboxylic acids is 1. The molecule has 2 bridgehead atoms. The highest BCUT2D eigenvalue weighted by molar-refractivity contribution is 5.63. The van der Waals surface area contributed by atoms with Crippen LogP contribution in [0.3, 0.4) is 0 Å². The molecule has 0 aromatic heterocycles. The molecular weight excluding hydrogens is 116 g/mol. The zero-order chi connectivity index (χ0) is 6.54. The minimum atomic E-state index is -0.0608. The van der Waals surface area contributed by atoms with E-state index in [9.17, 15) is 4.79 Å². The van der Waals surface area contributed by atoms with Crippen LogP contribution < -0.4 is 0 Å². The lowest BCUT2D eigenvalue weighted by Gasteiger charge is -2.38. The van der Waals surface area contributed by atoms with Crippen molar-refractivity contribution in [2.45, 2.75) is 25.4 Å². The maximum absolute atomic E-state index is 10.4. The van der Waals surface area contributed by atoms with E-state index < -0.39 is 0 Å². The summed E-state index contributed by atoms with van der Waals surface area (Å²) in [6, 6.07) is 0. The van der Waals surface area contributed by atoms with Crippen LogP contribution in [0.25, 0.3) is 0 Å². The van der Waals surface area contributed by atoms with Crippen molar-refractivity contribution in [3.63, 3.8) is 0 Å². The Kier molecular flexibility index (Phi) is 0.730. The minimum Gasteiger partial charge on any atom is -0.374 e. The summed E-state index contributed by atoms with van der Waals surface area (Å²) in [5, 5.41) is 0. The van der Waals surface area contributed by atoms with Crippen LogP contribution in [0.15, 0.2) is 0 Å². The minimum absolute atomic E-state index is 0.0608. The summed E-state index contributed by atoms with van der Waals surface area (Å²) in [7, 11) is 0. The van der Waals surface area contributed by atoms with Gasteiger partial charge < -0.3 is 9.53 Å². The Morgan fingerprint density at radius 3 is 2.44 bits per heavy atom. The SMILES string of the molecule is CC12CC(C=O)(CO1)C2. The molecule has 3 aliphatic rings. The topological polar surface area (TPSA) is 26.3 Å². The summed E-state index contributed by atoms with van der Waals surface area (Å²) in [5.74, 6) is 0. The van der Waals surface area contributed by atoms with Crippen LogP contribution in [0.2, 0.25) is 0 Å². The number of carbonyl (C=O) groups is 1. The van der Waals surface area contributed by atoms with Crippen LogP contribution in [0, 0.1) is 5.41 Å². The quantitative estimate of drug-likeness (QED) is 0.485. The molecule has 3 fully saturated rings. The van der Waals surface area contributed by atoms with Crippen molar-refractivity contribution >= 4 is 6.29 Å². The molecule has 0 amide bonds. The predicted octanol–water partition coefficient (Wildman–Crippen LogP) is 0.754. The molecule has 0 radical (unpaired) electrons. The molecule has 3 rings (SSSR count). The van der Waals surface area contributed by atoms with E-state index >= 15 is 0 Å². The highest BCUT2D eigenvalue weighted by atomic mass is 16.5. The average molecular weight is 126 g/mol. The van der Waals surface area contributed by atoms with Gasteiger partial charge in [0.05, 0.1) is 17.6 Å². The van der Waals surface area contributed by atoms with Gasteiger partial charge in [-0.1, -0.05) is 0 Å². The molecule has 50 valence electrons. The Morgan fingerprint density at radius 1 is 1.56 bits per heavy atom. The van der Waals surface area contributed by atoms with Crippen molar-refractivity contribution < 1.29 is 9.53 Å². The first-order valence-corrected chi connectivity index (χ1v) is 3.28. The highest BCUT2D eigenvalue weighted by Gasteiger charge is 2.59. The third-order valence-electron chi connectivity index (χ3n) is 2.41. The second kappa shape index (κ2) is 1.21. The maximum Gasteiger partial charge on any atom is 0.128 e. The summed E-state index contributed by atoms with van der Waals surface area (Å²) in [5.41, 5.74) is 0.00958. The lowest BCUT2D eigenvalue weighted by atomic mass is 9.64. The molecule has 1 saturated carbocycles. The van der Waals surface area contributed by atoms with Crippen LogP contribution in [0.4, 0.5) is 0 Å². The Bertz CT molecular complexity index is 156. The molecule has 9 heavy (non-hydrogen) atoms. The van der Waals surface area contributed by atoms with E-state index in [0.717, 1.165) is 19.1 Å². The molecule has 2 aliphatic heterocycles. The summed E-state index contributed by atoms with van der Waals surface area (Å²) in [6.07, 6.45) is 2.95. The molecule has 0 atom stereocenters. The van der Waals surface area contributed by atoms with Crippen LogP contribution in [-0.4, -0.2) is 18.5 Å². The molecule has 0 unspecified atom stereocenters. The van der Waals surface area contributed by atoms with Gasteiger partial charge in [0.1, 0.15) is 6.29 Å². The van der Waals surface area contributed by atoms with Crippen molar-refractivity contribution in [1.29, 1.82) is 0 Å². The van der Waals surface area contributed by atoms with E-state index in [0.29, 0.717) is 6.61 Å². The molecule has 2 nitrogen and oxygen atoms in total. The molecular formula is C7H10O2. The van der Waals surface area contributed by atoms with Crippen LogP contribution in [-0.2, 0) is 9.53 Å². The maximum atomic E-state index is 10.4. The smallest absolute Gasteiger partial charge is 0.128 e. The number of ether oxygens (including phenoxy) is 1. The van der Waals surface area contributed by atoms with E-state index in [1.165, 1.54) is 0 Å². The van der Waals surface area contributed by atoms with E-state index in [-0.39, 0.29) is 11.0 Å². The number of aldehydes is 1. The Hall–Kier alpha value is -0.370. The van der Waals surface area contributed by atoms with Gasteiger partial charge in [-0.05, 0) is 19.8 Å². The summed E-state index contributed by atoms with van der Waals surface area (Å²) in [4.78, 5) is 10.4. The molecule has 0 aromatic carbocycles. The summed E-state index contributed by atoms with van der Waals surface area (Å²) in [6.45, 7) is 2.73. The fourth-order valence-corrected chi connectivity index (χ4v) is 2.08. The number of hydrogen-bond acceptors (Lipinski definition) is 2. The number of fused-ring (bicyclic) bond motifs is 1. The van der Waals surface area contributed by atoms with Crippen molar-refractivity contribution in [3.05, 3.63) is 0 Å². The predicted molar refractivity (Wildman–Crippen MR) is 32.1 cm³/mol. The number of rotatable bonds is 1. The Labute approximate surface area is 54.2 Å². The monoisotopic (exact) mass is 126 g/mol. The molecule has 2 saturated heterocycles. The van der Waals surface area contributed by atoms with Gasteiger partial charge in [-0.25, -0.2) is 0 Å². The lowest BCUT2D eigenvalue weighted by Crippen LogP contribution is -2.42. The van der Waals surface area contributed by atoms with Crippen LogP contribution in [0.5, 0.6) is 0 Å². The zero-order valence-corrected chi connectivity index (χ0v) is 5.52. The van der Waals surface area contributed by atoms with Gasteiger partial charge in [-0.2, -0.15) is 0 Å².